The largest absolute Gasteiger partial charge is 2.00 e. The van der Waals surface area contributed by atoms with Crippen LogP contribution in [-0.4, -0.2) is 39.5 Å². The number of aromatic nitrogens is 8. The van der Waals surface area contributed by atoms with Crippen LogP contribution in [0.1, 0.15) is 36.6 Å². The number of hydrogen-bond donors (Lipinski definition) is 0. The van der Waals surface area contributed by atoms with Crippen LogP contribution in [0.5, 0.6) is 0 Å². The summed E-state index contributed by atoms with van der Waals surface area (Å²) in [5, 5.41) is 8.70. The third kappa shape index (κ3) is 3.78. The smallest absolute Gasteiger partial charge is 0.342 e. The Kier molecular flexibility index (Phi) is 5.51. The van der Waals surface area contributed by atoms with Gasteiger partial charge in [-0.05, 0) is 25.2 Å². The van der Waals surface area contributed by atoms with E-state index in [0.717, 1.165) is 22.8 Å². The van der Waals surface area contributed by atoms with Gasteiger partial charge in [-0.25, -0.2) is 0 Å². The van der Waals surface area contributed by atoms with Crippen molar-refractivity contribution in [1.82, 2.24) is 39.5 Å². The Morgan fingerprint density at radius 3 is 1.54 bits per heavy atom. The SMILES string of the molecule is Cc1c[c-]n(-c2cncc(C(C)(C)c3cncc(-n4[c-]cc(C)n4)n3)n2)n1.[Pt+2]. The molecule has 0 aromatic carbocycles. The molecule has 0 aliphatic rings. The van der Waals surface area contributed by atoms with E-state index in [0.29, 0.717) is 11.6 Å². The fourth-order valence-electron chi connectivity index (χ4n) is 2.62. The monoisotopic (exact) mass is 553 g/mol. The molecule has 4 aromatic rings. The summed E-state index contributed by atoms with van der Waals surface area (Å²) < 4.78 is 3.18. The summed E-state index contributed by atoms with van der Waals surface area (Å²) in [6, 6.07) is 3.61. The predicted molar refractivity (Wildman–Crippen MR) is 97.6 cm³/mol. The Bertz CT molecular complexity index is 1010. The topological polar surface area (TPSA) is 87.2 Å². The molecule has 4 heterocycles. The molecule has 0 saturated carbocycles. The van der Waals surface area contributed by atoms with Crippen molar-refractivity contribution in [1.29, 1.82) is 0 Å². The molecule has 0 atom stereocenters. The summed E-state index contributed by atoms with van der Waals surface area (Å²) in [4.78, 5) is 18.1. The molecule has 0 aliphatic heterocycles. The molecule has 0 bridgehead atoms. The summed E-state index contributed by atoms with van der Waals surface area (Å²) in [5.74, 6) is 1.21. The number of aryl methyl sites for hydroxylation is 2. The Morgan fingerprint density at radius 2 is 1.18 bits per heavy atom. The minimum Gasteiger partial charge on any atom is -0.342 e. The summed E-state index contributed by atoms with van der Waals surface area (Å²) in [7, 11) is 0. The molecule has 0 N–H and O–H groups in total. The van der Waals surface area contributed by atoms with Crippen LogP contribution >= 0.6 is 0 Å². The van der Waals surface area contributed by atoms with E-state index in [-0.39, 0.29) is 21.1 Å². The molecule has 0 spiro atoms. The van der Waals surface area contributed by atoms with Crippen LogP contribution < -0.4 is 0 Å². The van der Waals surface area contributed by atoms with Crippen LogP contribution in [0.15, 0.2) is 36.9 Å². The van der Waals surface area contributed by atoms with Gasteiger partial charge in [0.2, 0.25) is 0 Å². The van der Waals surface area contributed by atoms with Crippen molar-refractivity contribution in [2.24, 2.45) is 0 Å². The average Bonchev–Trinajstić information content (AvgIpc) is 3.30. The number of rotatable bonds is 4. The van der Waals surface area contributed by atoms with E-state index in [1.54, 1.807) is 46.3 Å². The van der Waals surface area contributed by atoms with Crippen LogP contribution in [-0.2, 0) is 26.5 Å². The van der Waals surface area contributed by atoms with Crippen LogP contribution in [0.4, 0.5) is 0 Å². The van der Waals surface area contributed by atoms with Gasteiger partial charge in [0.1, 0.15) is 0 Å². The van der Waals surface area contributed by atoms with Crippen LogP contribution in [0, 0.1) is 26.2 Å². The van der Waals surface area contributed by atoms with E-state index in [2.05, 4.69) is 32.6 Å². The van der Waals surface area contributed by atoms with Crippen molar-refractivity contribution in [2.45, 2.75) is 33.1 Å². The van der Waals surface area contributed by atoms with Crippen molar-refractivity contribution < 1.29 is 21.1 Å². The standard InChI is InChI=1S/C19H18N8.Pt/c1-13-5-7-26(24-13)17-11-20-9-15(22-17)19(3,4)16-10-21-12-18(23-16)27-8-6-14(2)25-27;/h5-6,9-12H,1-4H3;/q-2;+2. The molecule has 0 saturated heterocycles. The van der Waals surface area contributed by atoms with E-state index in [1.165, 1.54) is 0 Å². The van der Waals surface area contributed by atoms with E-state index in [4.69, 9.17) is 9.97 Å². The number of nitrogens with zero attached hydrogens (tertiary/aromatic N) is 8. The zero-order chi connectivity index (χ0) is 19.0. The van der Waals surface area contributed by atoms with Crippen molar-refractivity contribution in [2.75, 3.05) is 0 Å². The third-order valence-corrected chi connectivity index (χ3v) is 4.27. The van der Waals surface area contributed by atoms with Gasteiger partial charge in [-0.2, -0.15) is 0 Å². The van der Waals surface area contributed by atoms with E-state index >= 15 is 0 Å². The van der Waals surface area contributed by atoms with Crippen molar-refractivity contribution in [3.63, 3.8) is 0 Å². The quantitative estimate of drug-likeness (QED) is 0.360. The maximum absolute atomic E-state index is 4.72. The summed E-state index contributed by atoms with van der Waals surface area (Å²) in [6.45, 7) is 7.88. The average molecular weight is 553 g/mol. The van der Waals surface area contributed by atoms with Gasteiger partial charge >= 0.3 is 21.1 Å². The Hall–Kier alpha value is -2.73. The molecule has 144 valence electrons. The zero-order valence-electron chi connectivity index (χ0n) is 15.9. The van der Waals surface area contributed by atoms with Crippen molar-refractivity contribution >= 4 is 0 Å². The van der Waals surface area contributed by atoms with Gasteiger partial charge in [-0.3, -0.25) is 30.1 Å². The second-order valence-corrected chi connectivity index (χ2v) is 6.80. The van der Waals surface area contributed by atoms with Gasteiger partial charge in [0.05, 0.1) is 23.0 Å². The van der Waals surface area contributed by atoms with E-state index in [9.17, 15) is 0 Å². The van der Waals surface area contributed by atoms with Gasteiger partial charge in [0.15, 0.2) is 0 Å². The fraction of sp³-hybridized carbons (Fsp3) is 0.263. The second kappa shape index (κ2) is 7.71. The molecule has 0 radical (unpaired) electrons. The Morgan fingerprint density at radius 1 is 0.750 bits per heavy atom. The predicted octanol–water partition coefficient (Wildman–Crippen LogP) is 2.18. The molecular weight excluding hydrogens is 535 g/mol. The molecule has 4 rings (SSSR count). The molecule has 4 aromatic heterocycles. The first-order valence-corrected chi connectivity index (χ1v) is 8.48. The van der Waals surface area contributed by atoms with Crippen molar-refractivity contribution in [3.8, 4) is 11.6 Å². The zero-order valence-corrected chi connectivity index (χ0v) is 18.1. The van der Waals surface area contributed by atoms with Crippen LogP contribution in [0.2, 0.25) is 0 Å². The van der Waals surface area contributed by atoms with Crippen molar-refractivity contribution in [3.05, 3.63) is 72.1 Å². The molecule has 0 fully saturated rings. The fourth-order valence-corrected chi connectivity index (χ4v) is 2.62. The first kappa shape index (κ1) is 20.0. The molecule has 0 amide bonds. The molecule has 28 heavy (non-hydrogen) atoms. The minimum atomic E-state index is -0.517. The van der Waals surface area contributed by atoms with Gasteiger partial charge in [0.25, 0.3) is 0 Å². The maximum Gasteiger partial charge on any atom is 2.00 e. The summed E-state index contributed by atoms with van der Waals surface area (Å²) in [5.41, 5.74) is 2.73. The number of hydrogen-bond acceptors (Lipinski definition) is 6. The van der Waals surface area contributed by atoms with E-state index < -0.39 is 5.41 Å². The van der Waals surface area contributed by atoms with Gasteiger partial charge in [-0.15, -0.1) is 12.1 Å². The maximum atomic E-state index is 4.72. The minimum absolute atomic E-state index is 0. The molecule has 0 aliphatic carbocycles. The molecule has 9 heteroatoms. The molecular formula is C19H18N8Pt. The van der Waals surface area contributed by atoms with E-state index in [1.807, 2.05) is 27.7 Å². The second-order valence-electron chi connectivity index (χ2n) is 6.80. The third-order valence-electron chi connectivity index (χ3n) is 4.27. The van der Waals surface area contributed by atoms with Crippen LogP contribution in [0.3, 0.4) is 0 Å². The van der Waals surface area contributed by atoms with Gasteiger partial charge < -0.3 is 9.36 Å². The molecule has 0 unspecified atom stereocenters. The van der Waals surface area contributed by atoms with Crippen LogP contribution in [0.25, 0.3) is 11.6 Å². The summed E-state index contributed by atoms with van der Waals surface area (Å²) in [6.07, 6.45) is 12.9. The summed E-state index contributed by atoms with van der Waals surface area (Å²) >= 11 is 0. The Labute approximate surface area is 177 Å². The Balaban J connectivity index is 0.00000225. The molecule has 8 nitrogen and oxygen atoms in total. The first-order chi connectivity index (χ1) is 12.9. The van der Waals surface area contributed by atoms with Gasteiger partial charge in [0, 0.05) is 30.2 Å². The van der Waals surface area contributed by atoms with Gasteiger partial charge in [-0.1, -0.05) is 26.2 Å². The first-order valence-electron chi connectivity index (χ1n) is 8.48. The normalized spacial score (nSPS) is 11.3.